The van der Waals surface area contributed by atoms with Gasteiger partial charge in [-0.2, -0.15) is 0 Å². The van der Waals surface area contributed by atoms with Crippen molar-refractivity contribution in [1.29, 1.82) is 0 Å². The van der Waals surface area contributed by atoms with Crippen LogP contribution in [0, 0.1) is 24.2 Å². The van der Waals surface area contributed by atoms with Crippen molar-refractivity contribution in [1.82, 2.24) is 0 Å². The van der Waals surface area contributed by atoms with Gasteiger partial charge < -0.3 is 22.0 Å². The molecule has 4 aliphatic rings. The van der Waals surface area contributed by atoms with Crippen LogP contribution in [0.1, 0.15) is 33.6 Å². The van der Waals surface area contributed by atoms with E-state index < -0.39 is 0 Å². The fourth-order valence-corrected chi connectivity index (χ4v) is 4.08. The van der Waals surface area contributed by atoms with Crippen LogP contribution in [0.25, 0.3) is 0 Å². The molecule has 0 amide bonds. The molecule has 2 unspecified atom stereocenters. The molecule has 1 heterocycles. The summed E-state index contributed by atoms with van der Waals surface area (Å²) >= 11 is 0. The van der Waals surface area contributed by atoms with Gasteiger partial charge in [0.25, 0.3) is 0 Å². The minimum atomic E-state index is -0.315. The molecule has 1 radical (unpaired) electrons. The smallest absolute Gasteiger partial charge is 0.406 e. The van der Waals surface area contributed by atoms with Crippen LogP contribution >= 0.6 is 0 Å². The Morgan fingerprint density at radius 1 is 1.35 bits per heavy atom. The average Bonchev–Trinajstić information content (AvgIpc) is 2.54. The first-order valence-electron chi connectivity index (χ1n) is 6.27. The number of nitrogens with two attached hydrogens (primary N) is 1. The van der Waals surface area contributed by atoms with E-state index in [0.717, 1.165) is 12.3 Å². The molecule has 93 valence electrons. The van der Waals surface area contributed by atoms with Crippen LogP contribution in [-0.2, 0) is 42.0 Å². The Balaban J connectivity index is 0.00000108. The first kappa shape index (κ1) is 14.5. The molecular weight excluding hydrogens is 290 g/mol. The predicted molar refractivity (Wildman–Crippen MR) is 63.4 cm³/mol. The van der Waals surface area contributed by atoms with Crippen molar-refractivity contribution >= 4 is 7.12 Å². The first-order chi connectivity index (χ1) is 7.35. The molecular formula is C12H21BNO2Y-. The summed E-state index contributed by atoms with van der Waals surface area (Å²) in [6, 6.07) is 0. The van der Waals surface area contributed by atoms with Crippen molar-refractivity contribution in [3.63, 3.8) is 0 Å². The van der Waals surface area contributed by atoms with Crippen LogP contribution in [0.5, 0.6) is 0 Å². The van der Waals surface area contributed by atoms with Crippen molar-refractivity contribution < 1.29 is 42.0 Å². The van der Waals surface area contributed by atoms with Gasteiger partial charge in [0.05, 0.1) is 11.7 Å². The predicted octanol–water partition coefficient (Wildman–Crippen LogP) is 1.41. The Morgan fingerprint density at radius 2 is 2.00 bits per heavy atom. The third-order valence-corrected chi connectivity index (χ3v) is 5.32. The molecule has 2 N–H and O–H groups in total. The average molecular weight is 311 g/mol. The topological polar surface area (TPSA) is 44.5 Å². The summed E-state index contributed by atoms with van der Waals surface area (Å²) < 4.78 is 12.0. The van der Waals surface area contributed by atoms with Gasteiger partial charge in [0.2, 0.25) is 0 Å². The van der Waals surface area contributed by atoms with Gasteiger partial charge in [-0.1, -0.05) is 19.8 Å². The largest absolute Gasteiger partial charge is 0.442 e. The fraction of sp³-hybridized carbons (Fsp3) is 0.917. The van der Waals surface area contributed by atoms with Crippen molar-refractivity contribution in [3.05, 3.63) is 6.92 Å². The van der Waals surface area contributed by atoms with Crippen LogP contribution in [-0.4, -0.2) is 24.8 Å². The zero-order valence-corrected chi connectivity index (χ0v) is 13.8. The quantitative estimate of drug-likeness (QED) is 0.588. The van der Waals surface area contributed by atoms with Crippen molar-refractivity contribution in [2.24, 2.45) is 23.0 Å². The maximum atomic E-state index is 6.09. The Hall–Kier alpha value is 1.05. The zero-order chi connectivity index (χ0) is 11.7. The molecule has 1 saturated heterocycles. The SMILES string of the molecule is [CH2-][C@H](N)B1OC2CC3C[C@@H](C3(C)C)[C@]2(C)O1.[Y]. The van der Waals surface area contributed by atoms with Gasteiger partial charge in [-0.05, 0) is 37.0 Å². The third-order valence-electron chi connectivity index (χ3n) is 5.32. The van der Waals surface area contributed by atoms with Gasteiger partial charge in [0, 0.05) is 32.7 Å². The van der Waals surface area contributed by atoms with Crippen LogP contribution in [0.4, 0.5) is 0 Å². The summed E-state index contributed by atoms with van der Waals surface area (Å²) in [4.78, 5) is 0. The Bertz CT molecular complexity index is 326. The summed E-state index contributed by atoms with van der Waals surface area (Å²) in [5.41, 5.74) is 6.03. The van der Waals surface area contributed by atoms with Crippen molar-refractivity contribution in [2.75, 3.05) is 0 Å². The molecule has 5 heteroatoms. The van der Waals surface area contributed by atoms with E-state index in [2.05, 4.69) is 27.7 Å². The van der Waals surface area contributed by atoms with Gasteiger partial charge in [-0.15, -0.1) is 0 Å². The van der Waals surface area contributed by atoms with Crippen LogP contribution in [0.15, 0.2) is 0 Å². The summed E-state index contributed by atoms with van der Waals surface area (Å²) in [6.07, 6.45) is 2.62. The van der Waals surface area contributed by atoms with E-state index in [9.17, 15) is 0 Å². The molecule has 1 aliphatic heterocycles. The first-order valence-corrected chi connectivity index (χ1v) is 6.27. The Labute approximate surface area is 130 Å². The maximum Gasteiger partial charge on any atom is 0.442 e. The molecule has 0 aromatic rings. The summed E-state index contributed by atoms with van der Waals surface area (Å²) in [5.74, 6) is 1.11. The van der Waals surface area contributed by atoms with Gasteiger partial charge in [0.15, 0.2) is 0 Å². The van der Waals surface area contributed by atoms with Gasteiger partial charge in [-0.25, -0.2) is 0 Å². The molecule has 17 heavy (non-hydrogen) atoms. The molecule has 0 spiro atoms. The molecule has 0 aromatic heterocycles. The van der Waals surface area contributed by atoms with Crippen LogP contribution in [0.3, 0.4) is 0 Å². The van der Waals surface area contributed by atoms with E-state index in [1.54, 1.807) is 0 Å². The molecule has 3 aliphatic carbocycles. The Kier molecular flexibility index (Phi) is 3.64. The van der Waals surface area contributed by atoms with E-state index in [4.69, 9.17) is 15.0 Å². The second-order valence-electron chi connectivity index (χ2n) is 6.50. The zero-order valence-electron chi connectivity index (χ0n) is 11.0. The minimum Gasteiger partial charge on any atom is -0.406 e. The van der Waals surface area contributed by atoms with Gasteiger partial charge >= 0.3 is 7.12 Å². The monoisotopic (exact) mass is 311 g/mol. The summed E-state index contributed by atoms with van der Waals surface area (Å²) in [6.45, 7) is 10.7. The van der Waals surface area contributed by atoms with Gasteiger partial charge in [-0.3, -0.25) is 0 Å². The van der Waals surface area contributed by atoms with E-state index in [0.29, 0.717) is 11.3 Å². The molecule has 3 nitrogen and oxygen atoms in total. The second-order valence-corrected chi connectivity index (χ2v) is 6.50. The van der Waals surface area contributed by atoms with E-state index in [-0.39, 0.29) is 57.5 Å². The molecule has 0 aromatic carbocycles. The molecule has 2 bridgehead atoms. The Morgan fingerprint density at radius 3 is 2.53 bits per heavy atom. The normalized spacial score (nSPS) is 47.8. The standard InChI is InChI=1S/C12H21BNO2.Y/c1-7(14)13-15-10-6-8-5-9(11(8,2)3)12(10,4)16-13;/h7-10H,1,5-6,14H2,2-4H3;/q-1;/t7-,8?,9-,10?,12-;/m0./s1. The summed E-state index contributed by atoms with van der Waals surface area (Å²) in [5, 5.41) is 0. The third kappa shape index (κ3) is 1.82. The molecule has 3 saturated carbocycles. The molecule has 4 rings (SSSR count). The minimum absolute atomic E-state index is 0. The van der Waals surface area contributed by atoms with E-state index in [1.165, 1.54) is 6.42 Å². The summed E-state index contributed by atoms with van der Waals surface area (Å²) in [7, 11) is -0.315. The van der Waals surface area contributed by atoms with Crippen LogP contribution in [0.2, 0.25) is 0 Å². The van der Waals surface area contributed by atoms with Crippen molar-refractivity contribution in [3.8, 4) is 0 Å². The second kappa shape index (κ2) is 4.28. The maximum absolute atomic E-state index is 6.09. The number of hydrogen-bond acceptors (Lipinski definition) is 3. The van der Waals surface area contributed by atoms with Gasteiger partial charge in [0.1, 0.15) is 0 Å². The van der Waals surface area contributed by atoms with E-state index >= 15 is 0 Å². The number of rotatable bonds is 1. The number of hydrogen-bond donors (Lipinski definition) is 1. The van der Waals surface area contributed by atoms with Crippen molar-refractivity contribution in [2.45, 2.75) is 51.3 Å². The fourth-order valence-electron chi connectivity index (χ4n) is 4.08. The van der Waals surface area contributed by atoms with Crippen LogP contribution < -0.4 is 5.73 Å². The van der Waals surface area contributed by atoms with E-state index in [1.807, 2.05) is 0 Å². The molecule has 5 atom stereocenters. The molecule has 4 fully saturated rings.